The summed E-state index contributed by atoms with van der Waals surface area (Å²) in [5.41, 5.74) is 0. The molecule has 3 rings (SSSR count). The molecule has 2 N–H and O–H groups in total. The van der Waals surface area contributed by atoms with E-state index in [1.807, 2.05) is 24.3 Å². The lowest BCUT2D eigenvalue weighted by Gasteiger charge is -2.30. The molecule has 0 saturated carbocycles. The summed E-state index contributed by atoms with van der Waals surface area (Å²) in [4.78, 5) is 12.1. The van der Waals surface area contributed by atoms with Crippen molar-refractivity contribution in [3.8, 4) is 5.75 Å². The number of carbonyl (C=O) groups excluding carboxylic acids is 1. The van der Waals surface area contributed by atoms with E-state index in [1.165, 1.54) is 5.39 Å². The maximum absolute atomic E-state index is 12.1. The van der Waals surface area contributed by atoms with Crippen molar-refractivity contribution in [3.63, 3.8) is 0 Å². The first kappa shape index (κ1) is 16.8. The van der Waals surface area contributed by atoms with E-state index in [0.717, 1.165) is 37.1 Å². The molecule has 0 radical (unpaired) electrons. The largest absolute Gasteiger partial charge is 0.493 e. The Morgan fingerprint density at radius 3 is 2.96 bits per heavy atom. The minimum Gasteiger partial charge on any atom is -0.493 e. The molecule has 1 saturated heterocycles. The second-order valence-electron chi connectivity index (χ2n) is 6.57. The van der Waals surface area contributed by atoms with Crippen LogP contribution in [0.15, 0.2) is 42.5 Å². The molecule has 0 aromatic heterocycles. The highest BCUT2D eigenvalue weighted by atomic mass is 16.5. The third kappa shape index (κ3) is 4.26. The molecule has 0 spiro atoms. The van der Waals surface area contributed by atoms with E-state index in [4.69, 9.17) is 4.74 Å². The van der Waals surface area contributed by atoms with Crippen LogP contribution in [0.25, 0.3) is 10.8 Å². The maximum Gasteiger partial charge on any atom is 0.220 e. The Morgan fingerprint density at radius 1 is 1.25 bits per heavy atom. The van der Waals surface area contributed by atoms with Gasteiger partial charge in [-0.05, 0) is 36.8 Å². The van der Waals surface area contributed by atoms with Crippen molar-refractivity contribution in [1.82, 2.24) is 10.6 Å². The molecule has 1 aliphatic heterocycles. The van der Waals surface area contributed by atoms with Gasteiger partial charge in [-0.25, -0.2) is 0 Å². The fraction of sp³-hybridized carbons (Fsp3) is 0.450. The molecule has 4 nitrogen and oxygen atoms in total. The van der Waals surface area contributed by atoms with Crippen molar-refractivity contribution in [3.05, 3.63) is 42.5 Å². The Hall–Kier alpha value is -2.07. The van der Waals surface area contributed by atoms with Crippen molar-refractivity contribution < 1.29 is 9.53 Å². The fourth-order valence-corrected chi connectivity index (χ4v) is 3.20. The number of amides is 1. The topological polar surface area (TPSA) is 50.4 Å². The van der Waals surface area contributed by atoms with Crippen LogP contribution < -0.4 is 15.4 Å². The molecule has 4 heteroatoms. The monoisotopic (exact) mass is 326 g/mol. The SMILES string of the molecule is CC1CCNCC1NC(=O)CCCOc1cccc2ccccc12. The smallest absolute Gasteiger partial charge is 0.220 e. The molecule has 2 unspecified atom stereocenters. The zero-order chi connectivity index (χ0) is 16.8. The lowest BCUT2D eigenvalue weighted by atomic mass is 9.95. The quantitative estimate of drug-likeness (QED) is 0.802. The van der Waals surface area contributed by atoms with Crippen molar-refractivity contribution in [2.24, 2.45) is 5.92 Å². The number of benzene rings is 2. The van der Waals surface area contributed by atoms with Crippen LogP contribution in [-0.2, 0) is 4.79 Å². The van der Waals surface area contributed by atoms with Crippen LogP contribution in [0, 0.1) is 5.92 Å². The van der Waals surface area contributed by atoms with Crippen LogP contribution in [0.3, 0.4) is 0 Å². The van der Waals surface area contributed by atoms with Crippen molar-refractivity contribution >= 4 is 16.7 Å². The Balaban J connectivity index is 1.44. The first-order valence-corrected chi connectivity index (χ1v) is 8.84. The summed E-state index contributed by atoms with van der Waals surface area (Å²) >= 11 is 0. The third-order valence-corrected chi connectivity index (χ3v) is 4.73. The lowest BCUT2D eigenvalue weighted by molar-refractivity contribution is -0.122. The number of carbonyl (C=O) groups is 1. The van der Waals surface area contributed by atoms with Gasteiger partial charge in [0.2, 0.25) is 5.91 Å². The zero-order valence-electron chi connectivity index (χ0n) is 14.3. The number of ether oxygens (including phenoxy) is 1. The van der Waals surface area contributed by atoms with Gasteiger partial charge in [0.15, 0.2) is 0 Å². The number of piperidine rings is 1. The van der Waals surface area contributed by atoms with Crippen LogP contribution in [0.4, 0.5) is 0 Å². The molecule has 1 aliphatic rings. The Morgan fingerprint density at radius 2 is 2.08 bits per heavy atom. The molecule has 2 atom stereocenters. The van der Waals surface area contributed by atoms with Gasteiger partial charge in [-0.15, -0.1) is 0 Å². The first-order chi connectivity index (χ1) is 11.7. The highest BCUT2D eigenvalue weighted by Crippen LogP contribution is 2.25. The zero-order valence-corrected chi connectivity index (χ0v) is 14.3. The van der Waals surface area contributed by atoms with Crippen molar-refractivity contribution in [1.29, 1.82) is 0 Å². The van der Waals surface area contributed by atoms with Crippen LogP contribution in [0.2, 0.25) is 0 Å². The average Bonchev–Trinajstić information content (AvgIpc) is 2.61. The Kier molecular flexibility index (Phi) is 5.70. The van der Waals surface area contributed by atoms with Gasteiger partial charge in [0.05, 0.1) is 6.61 Å². The number of nitrogens with one attached hydrogen (secondary N) is 2. The molecule has 128 valence electrons. The van der Waals surface area contributed by atoms with E-state index in [-0.39, 0.29) is 11.9 Å². The molecule has 1 heterocycles. The van der Waals surface area contributed by atoms with E-state index in [0.29, 0.717) is 18.9 Å². The minimum atomic E-state index is 0.122. The fourth-order valence-electron chi connectivity index (χ4n) is 3.20. The highest BCUT2D eigenvalue weighted by Gasteiger charge is 2.22. The summed E-state index contributed by atoms with van der Waals surface area (Å²) in [7, 11) is 0. The second-order valence-corrected chi connectivity index (χ2v) is 6.57. The summed E-state index contributed by atoms with van der Waals surface area (Å²) in [6, 6.07) is 14.5. The van der Waals surface area contributed by atoms with Gasteiger partial charge >= 0.3 is 0 Å². The molecule has 24 heavy (non-hydrogen) atoms. The highest BCUT2D eigenvalue weighted by molar-refractivity contribution is 5.88. The Labute approximate surface area is 143 Å². The van der Waals surface area contributed by atoms with E-state index >= 15 is 0 Å². The van der Waals surface area contributed by atoms with Crippen LogP contribution in [-0.4, -0.2) is 31.6 Å². The standard InChI is InChI=1S/C20H26N2O2/c1-15-11-12-21-14-18(15)22-20(23)10-5-13-24-19-9-4-7-16-6-2-3-8-17(16)19/h2-4,6-9,15,18,21H,5,10-14H2,1H3,(H,22,23). The molecule has 1 amide bonds. The number of hydrogen-bond donors (Lipinski definition) is 2. The van der Waals surface area contributed by atoms with Gasteiger partial charge in [-0.1, -0.05) is 43.3 Å². The maximum atomic E-state index is 12.1. The average molecular weight is 326 g/mol. The van der Waals surface area contributed by atoms with Gasteiger partial charge in [-0.2, -0.15) is 0 Å². The summed E-state index contributed by atoms with van der Waals surface area (Å²) in [5.74, 6) is 1.55. The van der Waals surface area contributed by atoms with Crippen LogP contribution >= 0.6 is 0 Å². The molecule has 1 fully saturated rings. The number of hydrogen-bond acceptors (Lipinski definition) is 3. The van der Waals surface area contributed by atoms with Crippen LogP contribution in [0.5, 0.6) is 5.75 Å². The molecular weight excluding hydrogens is 300 g/mol. The number of rotatable bonds is 6. The predicted octanol–water partition coefficient (Wildman–Crippen LogP) is 3.11. The van der Waals surface area contributed by atoms with Gasteiger partial charge in [0.25, 0.3) is 0 Å². The van der Waals surface area contributed by atoms with Crippen molar-refractivity contribution in [2.75, 3.05) is 19.7 Å². The summed E-state index contributed by atoms with van der Waals surface area (Å²) in [6.45, 7) is 4.68. The van der Waals surface area contributed by atoms with Gasteiger partial charge < -0.3 is 15.4 Å². The lowest BCUT2D eigenvalue weighted by Crippen LogP contribution is -2.50. The van der Waals surface area contributed by atoms with E-state index < -0.39 is 0 Å². The second kappa shape index (κ2) is 8.15. The normalized spacial score (nSPS) is 20.7. The summed E-state index contributed by atoms with van der Waals surface area (Å²) in [5, 5.41) is 8.77. The summed E-state index contributed by atoms with van der Waals surface area (Å²) < 4.78 is 5.89. The van der Waals surface area contributed by atoms with Crippen molar-refractivity contribution in [2.45, 2.75) is 32.2 Å². The molecule has 2 aromatic rings. The van der Waals surface area contributed by atoms with Gasteiger partial charge in [0.1, 0.15) is 5.75 Å². The van der Waals surface area contributed by atoms with E-state index in [1.54, 1.807) is 0 Å². The Bertz CT molecular complexity index is 681. The summed E-state index contributed by atoms with van der Waals surface area (Å²) in [6.07, 6.45) is 2.35. The van der Waals surface area contributed by atoms with E-state index in [9.17, 15) is 4.79 Å². The van der Waals surface area contributed by atoms with Gasteiger partial charge in [-0.3, -0.25) is 4.79 Å². The van der Waals surface area contributed by atoms with Gasteiger partial charge in [0, 0.05) is 24.4 Å². The minimum absolute atomic E-state index is 0.122. The molecule has 0 aliphatic carbocycles. The molecule has 0 bridgehead atoms. The first-order valence-electron chi connectivity index (χ1n) is 8.84. The molecular formula is C20H26N2O2. The third-order valence-electron chi connectivity index (χ3n) is 4.73. The van der Waals surface area contributed by atoms with Crippen LogP contribution in [0.1, 0.15) is 26.2 Å². The molecule has 2 aromatic carbocycles. The van der Waals surface area contributed by atoms with E-state index in [2.05, 4.69) is 35.8 Å². The number of fused-ring (bicyclic) bond motifs is 1. The predicted molar refractivity (Wildman–Crippen MR) is 97.3 cm³/mol.